The van der Waals surface area contributed by atoms with Crippen molar-refractivity contribution in [3.8, 4) is 11.5 Å². The van der Waals surface area contributed by atoms with Crippen molar-refractivity contribution in [3.05, 3.63) is 66.2 Å². The minimum atomic E-state index is 0.0100. The summed E-state index contributed by atoms with van der Waals surface area (Å²) in [5.41, 5.74) is 0.994. The molecular formula is C20H17NO3S. The van der Waals surface area contributed by atoms with Crippen LogP contribution in [-0.2, 0) is 11.3 Å². The van der Waals surface area contributed by atoms with Crippen molar-refractivity contribution in [1.82, 2.24) is 5.32 Å². The fourth-order valence-corrected chi connectivity index (χ4v) is 3.48. The number of carbonyl (C=O) groups excluding carboxylic acids is 1. The molecule has 1 amide bonds. The zero-order chi connectivity index (χ0) is 17.1. The van der Waals surface area contributed by atoms with Gasteiger partial charge in [-0.1, -0.05) is 36.4 Å². The van der Waals surface area contributed by atoms with Crippen LogP contribution in [0.5, 0.6) is 11.5 Å². The highest BCUT2D eigenvalue weighted by atomic mass is 32.2. The van der Waals surface area contributed by atoms with Gasteiger partial charge in [0, 0.05) is 11.4 Å². The summed E-state index contributed by atoms with van der Waals surface area (Å²) in [5, 5.41) is 5.34. The second kappa shape index (κ2) is 7.07. The van der Waals surface area contributed by atoms with Crippen LogP contribution in [-0.4, -0.2) is 18.5 Å². The number of thioether (sulfide) groups is 1. The number of fused-ring (bicyclic) bond motifs is 2. The van der Waals surface area contributed by atoms with Gasteiger partial charge in [0.1, 0.15) is 0 Å². The van der Waals surface area contributed by atoms with Crippen LogP contribution >= 0.6 is 11.8 Å². The molecule has 4 rings (SSSR count). The van der Waals surface area contributed by atoms with Crippen molar-refractivity contribution >= 4 is 28.4 Å². The molecule has 0 saturated heterocycles. The Labute approximate surface area is 150 Å². The maximum absolute atomic E-state index is 12.1. The average molecular weight is 351 g/mol. The van der Waals surface area contributed by atoms with E-state index in [0.717, 1.165) is 22.0 Å². The van der Waals surface area contributed by atoms with Crippen molar-refractivity contribution < 1.29 is 14.3 Å². The standard InChI is InChI=1S/C20H17NO3S/c22-20(21-11-14-5-8-18-19(9-14)24-13-23-18)12-25-17-7-6-15-3-1-2-4-16(15)10-17/h1-10H,11-13H2,(H,21,22). The molecule has 3 aromatic rings. The molecule has 0 radical (unpaired) electrons. The van der Waals surface area contributed by atoms with Crippen molar-refractivity contribution in [2.75, 3.05) is 12.5 Å². The molecule has 0 spiro atoms. The van der Waals surface area contributed by atoms with E-state index in [-0.39, 0.29) is 12.7 Å². The van der Waals surface area contributed by atoms with E-state index >= 15 is 0 Å². The Bertz CT molecular complexity index is 926. The number of amides is 1. The topological polar surface area (TPSA) is 47.6 Å². The lowest BCUT2D eigenvalue weighted by atomic mass is 10.1. The summed E-state index contributed by atoms with van der Waals surface area (Å²) in [5.74, 6) is 1.89. The molecule has 1 N–H and O–H groups in total. The van der Waals surface area contributed by atoms with Gasteiger partial charge in [-0.05, 0) is 40.6 Å². The molecule has 1 aliphatic heterocycles. The largest absolute Gasteiger partial charge is 0.454 e. The molecule has 0 saturated carbocycles. The van der Waals surface area contributed by atoms with Crippen LogP contribution in [0.3, 0.4) is 0 Å². The first-order chi connectivity index (χ1) is 12.3. The summed E-state index contributed by atoms with van der Waals surface area (Å²) in [6, 6.07) is 20.2. The first-order valence-corrected chi connectivity index (χ1v) is 9.03. The highest BCUT2D eigenvalue weighted by Crippen LogP contribution is 2.32. The number of hydrogen-bond donors (Lipinski definition) is 1. The third-order valence-electron chi connectivity index (χ3n) is 4.02. The fraction of sp³-hybridized carbons (Fsp3) is 0.150. The number of rotatable bonds is 5. The van der Waals surface area contributed by atoms with Crippen molar-refractivity contribution in [3.63, 3.8) is 0 Å². The van der Waals surface area contributed by atoms with Crippen molar-refractivity contribution in [2.45, 2.75) is 11.4 Å². The van der Waals surface area contributed by atoms with Gasteiger partial charge in [-0.25, -0.2) is 0 Å². The van der Waals surface area contributed by atoms with Crippen molar-refractivity contribution in [2.24, 2.45) is 0 Å². The molecule has 5 heteroatoms. The Morgan fingerprint density at radius 1 is 0.960 bits per heavy atom. The van der Waals surface area contributed by atoms with E-state index in [0.29, 0.717) is 12.3 Å². The number of hydrogen-bond acceptors (Lipinski definition) is 4. The zero-order valence-electron chi connectivity index (χ0n) is 13.5. The van der Waals surface area contributed by atoms with Crippen LogP contribution in [0.25, 0.3) is 10.8 Å². The summed E-state index contributed by atoms with van der Waals surface area (Å²) in [6.45, 7) is 0.737. The Kier molecular flexibility index (Phi) is 4.48. The predicted octanol–water partition coefficient (Wildman–Crippen LogP) is 3.98. The predicted molar refractivity (Wildman–Crippen MR) is 99.1 cm³/mol. The van der Waals surface area contributed by atoms with Gasteiger partial charge in [0.25, 0.3) is 0 Å². The molecule has 0 aliphatic carbocycles. The van der Waals surface area contributed by atoms with E-state index < -0.39 is 0 Å². The normalized spacial score (nSPS) is 12.3. The van der Waals surface area contributed by atoms with E-state index in [1.807, 2.05) is 30.3 Å². The summed E-state index contributed by atoms with van der Waals surface area (Å²) in [7, 11) is 0. The number of benzene rings is 3. The second-order valence-electron chi connectivity index (χ2n) is 5.76. The van der Waals surface area contributed by atoms with Gasteiger partial charge >= 0.3 is 0 Å². The van der Waals surface area contributed by atoms with Gasteiger partial charge in [0.05, 0.1) is 5.75 Å². The molecule has 1 heterocycles. The van der Waals surface area contributed by atoms with Gasteiger partial charge in [-0.2, -0.15) is 0 Å². The first-order valence-electron chi connectivity index (χ1n) is 8.05. The number of ether oxygens (including phenoxy) is 2. The number of carbonyl (C=O) groups is 1. The number of nitrogens with one attached hydrogen (secondary N) is 1. The molecule has 25 heavy (non-hydrogen) atoms. The maximum Gasteiger partial charge on any atom is 0.231 e. The Hall–Kier alpha value is -2.66. The minimum Gasteiger partial charge on any atom is -0.454 e. The van der Waals surface area contributed by atoms with Gasteiger partial charge in [0.2, 0.25) is 12.7 Å². The Balaban J connectivity index is 1.31. The molecule has 0 bridgehead atoms. The SMILES string of the molecule is O=C(CSc1ccc2ccccc2c1)NCc1ccc2c(c1)OCO2. The molecule has 126 valence electrons. The van der Waals surface area contributed by atoms with Gasteiger partial charge < -0.3 is 14.8 Å². The summed E-state index contributed by atoms with van der Waals surface area (Å²) < 4.78 is 10.6. The highest BCUT2D eigenvalue weighted by Gasteiger charge is 2.13. The van der Waals surface area contributed by atoms with E-state index in [1.54, 1.807) is 11.8 Å². The molecule has 0 unspecified atom stereocenters. The molecular weight excluding hydrogens is 334 g/mol. The lowest BCUT2D eigenvalue weighted by molar-refractivity contribution is -0.118. The molecule has 4 nitrogen and oxygen atoms in total. The van der Waals surface area contributed by atoms with E-state index in [9.17, 15) is 4.79 Å². The van der Waals surface area contributed by atoms with Crippen LogP contribution in [0, 0.1) is 0 Å². The van der Waals surface area contributed by atoms with Gasteiger partial charge in [-0.3, -0.25) is 4.79 Å². The maximum atomic E-state index is 12.1. The summed E-state index contributed by atoms with van der Waals surface area (Å²) in [6.07, 6.45) is 0. The third kappa shape index (κ3) is 3.72. The van der Waals surface area contributed by atoms with Crippen molar-refractivity contribution in [1.29, 1.82) is 0 Å². The average Bonchev–Trinajstić information content (AvgIpc) is 3.12. The monoisotopic (exact) mass is 351 g/mol. The quantitative estimate of drug-likeness (QED) is 0.707. The fourth-order valence-electron chi connectivity index (χ4n) is 2.71. The Morgan fingerprint density at radius 2 is 1.80 bits per heavy atom. The van der Waals surface area contributed by atoms with Crippen LogP contribution in [0.1, 0.15) is 5.56 Å². The zero-order valence-corrected chi connectivity index (χ0v) is 14.3. The van der Waals surface area contributed by atoms with E-state index in [2.05, 4.69) is 35.6 Å². The summed E-state index contributed by atoms with van der Waals surface area (Å²) in [4.78, 5) is 13.2. The van der Waals surface area contributed by atoms with Gasteiger partial charge in [-0.15, -0.1) is 11.8 Å². The lowest BCUT2D eigenvalue weighted by Crippen LogP contribution is -2.24. The smallest absolute Gasteiger partial charge is 0.231 e. The second-order valence-corrected chi connectivity index (χ2v) is 6.81. The third-order valence-corrected chi connectivity index (χ3v) is 5.01. The highest BCUT2D eigenvalue weighted by molar-refractivity contribution is 8.00. The van der Waals surface area contributed by atoms with Crippen LogP contribution in [0.4, 0.5) is 0 Å². The van der Waals surface area contributed by atoms with Gasteiger partial charge in [0.15, 0.2) is 11.5 Å². The molecule has 0 atom stereocenters. The summed E-state index contributed by atoms with van der Waals surface area (Å²) >= 11 is 1.54. The molecule has 1 aliphatic rings. The minimum absolute atomic E-state index is 0.0100. The van der Waals surface area contributed by atoms with Crippen LogP contribution in [0.15, 0.2) is 65.6 Å². The molecule has 3 aromatic carbocycles. The van der Waals surface area contributed by atoms with E-state index in [4.69, 9.17) is 9.47 Å². The van der Waals surface area contributed by atoms with E-state index in [1.165, 1.54) is 10.8 Å². The van der Waals surface area contributed by atoms with Crippen LogP contribution in [0.2, 0.25) is 0 Å². The van der Waals surface area contributed by atoms with Crippen LogP contribution < -0.4 is 14.8 Å². The first kappa shape index (κ1) is 15.8. The molecule has 0 aromatic heterocycles. The Morgan fingerprint density at radius 3 is 2.72 bits per heavy atom. The lowest BCUT2D eigenvalue weighted by Gasteiger charge is -2.07. The molecule has 0 fully saturated rings.